The molecule has 7 nitrogen and oxygen atoms in total. The molecule has 0 saturated carbocycles. The zero-order valence-electron chi connectivity index (χ0n) is 15.0. The largest absolute Gasteiger partial charge is 0.497 e. The highest BCUT2D eigenvalue weighted by molar-refractivity contribution is 5.82. The van der Waals surface area contributed by atoms with E-state index in [1.54, 1.807) is 14.2 Å². The fourth-order valence-corrected chi connectivity index (χ4v) is 3.29. The lowest BCUT2D eigenvalue weighted by molar-refractivity contribution is -0.138. The van der Waals surface area contributed by atoms with Crippen molar-refractivity contribution in [2.75, 3.05) is 60.2 Å². The van der Waals surface area contributed by atoms with Gasteiger partial charge in [-0.3, -0.25) is 9.69 Å². The fourth-order valence-electron chi connectivity index (χ4n) is 3.29. The van der Waals surface area contributed by atoms with Crippen LogP contribution < -0.4 is 14.8 Å². The first kappa shape index (κ1) is 18.0. The number of nitrogens with one attached hydrogen (secondary N) is 1. The van der Waals surface area contributed by atoms with Gasteiger partial charge in [0.15, 0.2) is 0 Å². The number of benzene rings is 1. The maximum Gasteiger partial charge on any atom is 0.242 e. The molecule has 25 heavy (non-hydrogen) atoms. The standard InChI is InChI=1S/C18H27N3O4/c1-23-15-9-14(10-16(11-15)24-2)12-20-4-6-21(7-5-20)18(22)17-13-25-8-3-19-17/h9-11,17,19H,3-8,12-13H2,1-2H3. The molecule has 2 aliphatic rings. The molecular formula is C18H27N3O4. The van der Waals surface area contributed by atoms with Crippen molar-refractivity contribution < 1.29 is 19.0 Å². The van der Waals surface area contributed by atoms with E-state index in [-0.39, 0.29) is 11.9 Å². The number of hydrogen-bond donors (Lipinski definition) is 1. The third kappa shape index (κ3) is 4.62. The van der Waals surface area contributed by atoms with Crippen LogP contribution in [0.1, 0.15) is 5.56 Å². The van der Waals surface area contributed by atoms with E-state index in [0.29, 0.717) is 13.2 Å². The molecule has 1 unspecified atom stereocenters. The summed E-state index contributed by atoms with van der Waals surface area (Å²) < 4.78 is 16.1. The normalized spacial score (nSPS) is 21.8. The molecule has 1 aromatic carbocycles. The average molecular weight is 349 g/mol. The van der Waals surface area contributed by atoms with Crippen LogP contribution in [-0.2, 0) is 16.1 Å². The summed E-state index contributed by atoms with van der Waals surface area (Å²) in [6.07, 6.45) is 0. The van der Waals surface area contributed by atoms with E-state index in [2.05, 4.69) is 10.2 Å². The van der Waals surface area contributed by atoms with Crippen LogP contribution in [0.3, 0.4) is 0 Å². The number of morpholine rings is 1. The van der Waals surface area contributed by atoms with Gasteiger partial charge in [-0.1, -0.05) is 0 Å². The number of rotatable bonds is 5. The van der Waals surface area contributed by atoms with E-state index >= 15 is 0 Å². The molecule has 0 bridgehead atoms. The summed E-state index contributed by atoms with van der Waals surface area (Å²) in [6, 6.07) is 5.74. The number of piperazine rings is 1. The Morgan fingerprint density at radius 2 is 1.84 bits per heavy atom. The van der Waals surface area contributed by atoms with Crippen molar-refractivity contribution in [3.8, 4) is 11.5 Å². The second-order valence-electron chi connectivity index (χ2n) is 6.40. The van der Waals surface area contributed by atoms with E-state index in [9.17, 15) is 4.79 Å². The molecule has 2 fully saturated rings. The highest BCUT2D eigenvalue weighted by Gasteiger charge is 2.28. The number of carbonyl (C=O) groups excluding carboxylic acids is 1. The van der Waals surface area contributed by atoms with Gasteiger partial charge >= 0.3 is 0 Å². The number of amides is 1. The first-order valence-electron chi connectivity index (χ1n) is 8.74. The molecule has 0 spiro atoms. The number of methoxy groups -OCH3 is 2. The molecule has 2 heterocycles. The average Bonchev–Trinajstić information content (AvgIpc) is 2.68. The van der Waals surface area contributed by atoms with Crippen LogP contribution in [-0.4, -0.2) is 81.9 Å². The minimum absolute atomic E-state index is 0.155. The van der Waals surface area contributed by atoms with Crippen LogP contribution in [0.5, 0.6) is 11.5 Å². The van der Waals surface area contributed by atoms with E-state index in [0.717, 1.165) is 56.3 Å². The quantitative estimate of drug-likeness (QED) is 0.827. The molecule has 2 aliphatic heterocycles. The molecule has 1 N–H and O–H groups in total. The van der Waals surface area contributed by atoms with Gasteiger partial charge in [-0.15, -0.1) is 0 Å². The van der Waals surface area contributed by atoms with Crippen molar-refractivity contribution in [3.63, 3.8) is 0 Å². The van der Waals surface area contributed by atoms with Gasteiger partial charge in [-0.2, -0.15) is 0 Å². The van der Waals surface area contributed by atoms with Gasteiger partial charge in [0.25, 0.3) is 0 Å². The van der Waals surface area contributed by atoms with Crippen molar-refractivity contribution in [1.29, 1.82) is 0 Å². The van der Waals surface area contributed by atoms with Crippen molar-refractivity contribution in [3.05, 3.63) is 23.8 Å². The second-order valence-corrected chi connectivity index (χ2v) is 6.40. The molecule has 1 aromatic rings. The summed E-state index contributed by atoms with van der Waals surface area (Å²) in [5, 5.41) is 3.23. The van der Waals surface area contributed by atoms with Crippen LogP contribution in [0.15, 0.2) is 18.2 Å². The van der Waals surface area contributed by atoms with Crippen LogP contribution >= 0.6 is 0 Å². The monoisotopic (exact) mass is 349 g/mol. The predicted molar refractivity (Wildman–Crippen MR) is 94.0 cm³/mol. The molecule has 7 heteroatoms. The number of carbonyl (C=O) groups is 1. The molecule has 3 rings (SSSR count). The lowest BCUT2D eigenvalue weighted by Gasteiger charge is -2.37. The lowest BCUT2D eigenvalue weighted by atomic mass is 10.1. The molecule has 0 aromatic heterocycles. The molecular weight excluding hydrogens is 322 g/mol. The Labute approximate surface area is 148 Å². The minimum Gasteiger partial charge on any atom is -0.497 e. The lowest BCUT2D eigenvalue weighted by Crippen LogP contribution is -2.57. The predicted octanol–water partition coefficient (Wildman–Crippen LogP) is 0.336. The Hall–Kier alpha value is -1.83. The molecule has 0 aliphatic carbocycles. The van der Waals surface area contributed by atoms with Crippen molar-refractivity contribution in [1.82, 2.24) is 15.1 Å². The Balaban J connectivity index is 1.53. The van der Waals surface area contributed by atoms with E-state index < -0.39 is 0 Å². The summed E-state index contributed by atoms with van der Waals surface area (Å²) in [7, 11) is 3.32. The van der Waals surface area contributed by atoms with Gasteiger partial charge in [0.1, 0.15) is 17.5 Å². The molecule has 0 radical (unpaired) electrons. The van der Waals surface area contributed by atoms with Gasteiger partial charge < -0.3 is 24.4 Å². The van der Waals surface area contributed by atoms with Gasteiger partial charge in [-0.25, -0.2) is 0 Å². The highest BCUT2D eigenvalue weighted by Crippen LogP contribution is 2.23. The zero-order chi connectivity index (χ0) is 17.6. The van der Waals surface area contributed by atoms with Crippen LogP contribution in [0.2, 0.25) is 0 Å². The van der Waals surface area contributed by atoms with Crippen LogP contribution in [0.4, 0.5) is 0 Å². The molecule has 2 saturated heterocycles. The smallest absolute Gasteiger partial charge is 0.242 e. The molecule has 1 atom stereocenters. The summed E-state index contributed by atoms with van der Waals surface area (Å²) in [5.74, 6) is 1.75. The van der Waals surface area contributed by atoms with Crippen molar-refractivity contribution in [2.24, 2.45) is 0 Å². The first-order chi connectivity index (χ1) is 12.2. The Morgan fingerprint density at radius 3 is 2.40 bits per heavy atom. The second kappa shape index (κ2) is 8.51. The fraction of sp³-hybridized carbons (Fsp3) is 0.611. The van der Waals surface area contributed by atoms with Crippen LogP contribution in [0.25, 0.3) is 0 Å². The Bertz CT molecular complexity index is 559. The van der Waals surface area contributed by atoms with Gasteiger partial charge in [0, 0.05) is 45.3 Å². The highest BCUT2D eigenvalue weighted by atomic mass is 16.5. The van der Waals surface area contributed by atoms with E-state index in [1.807, 2.05) is 23.1 Å². The maximum atomic E-state index is 12.5. The van der Waals surface area contributed by atoms with Gasteiger partial charge in [0.2, 0.25) is 5.91 Å². The van der Waals surface area contributed by atoms with Crippen molar-refractivity contribution >= 4 is 5.91 Å². The van der Waals surface area contributed by atoms with Crippen molar-refractivity contribution in [2.45, 2.75) is 12.6 Å². The van der Waals surface area contributed by atoms with Crippen LogP contribution in [0, 0.1) is 0 Å². The maximum absolute atomic E-state index is 12.5. The number of hydrogen-bond acceptors (Lipinski definition) is 6. The summed E-state index contributed by atoms with van der Waals surface area (Å²) in [5.41, 5.74) is 1.15. The minimum atomic E-state index is -0.192. The molecule has 1 amide bonds. The summed E-state index contributed by atoms with van der Waals surface area (Å²) >= 11 is 0. The van der Waals surface area contributed by atoms with E-state index in [4.69, 9.17) is 14.2 Å². The van der Waals surface area contributed by atoms with Gasteiger partial charge in [0.05, 0.1) is 27.4 Å². The first-order valence-corrected chi connectivity index (χ1v) is 8.74. The summed E-state index contributed by atoms with van der Waals surface area (Å²) in [4.78, 5) is 16.8. The number of nitrogens with zero attached hydrogens (tertiary/aromatic N) is 2. The SMILES string of the molecule is COc1cc(CN2CCN(C(=O)C3COCCN3)CC2)cc(OC)c1. The van der Waals surface area contributed by atoms with Gasteiger partial charge in [-0.05, 0) is 17.7 Å². The topological polar surface area (TPSA) is 63.3 Å². The summed E-state index contributed by atoms with van der Waals surface area (Å²) in [6.45, 7) is 5.94. The molecule has 138 valence electrons. The van der Waals surface area contributed by atoms with E-state index in [1.165, 1.54) is 0 Å². The third-order valence-corrected chi connectivity index (χ3v) is 4.72. The Morgan fingerprint density at radius 1 is 1.16 bits per heavy atom. The zero-order valence-corrected chi connectivity index (χ0v) is 15.0. The Kier molecular flexibility index (Phi) is 6.12. The third-order valence-electron chi connectivity index (χ3n) is 4.72. The number of ether oxygens (including phenoxy) is 3.